The first-order valence-corrected chi connectivity index (χ1v) is 9.16. The van der Waals surface area contributed by atoms with Crippen LogP contribution in [0.2, 0.25) is 5.02 Å². The van der Waals surface area contributed by atoms with E-state index in [9.17, 15) is 4.39 Å². The van der Waals surface area contributed by atoms with Gasteiger partial charge in [0.05, 0.1) is 5.02 Å². The van der Waals surface area contributed by atoms with E-state index in [2.05, 4.69) is 28.2 Å². The fourth-order valence-corrected chi connectivity index (χ4v) is 5.78. The predicted octanol–water partition coefficient (Wildman–Crippen LogP) is 5.18. The van der Waals surface area contributed by atoms with Crippen molar-refractivity contribution in [3.05, 3.63) is 33.0 Å². The van der Waals surface area contributed by atoms with Crippen molar-refractivity contribution >= 4 is 27.5 Å². The molecular formula is C17H20BrClFN. The largest absolute Gasteiger partial charge is 0.310 e. The molecule has 3 fully saturated rings. The summed E-state index contributed by atoms with van der Waals surface area (Å²) in [6.07, 6.45) is 4.21. The van der Waals surface area contributed by atoms with Gasteiger partial charge in [0, 0.05) is 16.1 Å². The molecule has 0 saturated heterocycles. The number of halogens is 3. The first-order chi connectivity index (χ1) is 10.1. The minimum absolute atomic E-state index is 0.124. The second-order valence-electron chi connectivity index (χ2n) is 6.89. The van der Waals surface area contributed by atoms with Gasteiger partial charge in [0.1, 0.15) is 5.82 Å². The average molecular weight is 373 g/mol. The van der Waals surface area contributed by atoms with Crippen molar-refractivity contribution in [2.24, 2.45) is 29.6 Å². The molecule has 4 rings (SSSR count). The van der Waals surface area contributed by atoms with E-state index >= 15 is 0 Å². The SMILES string of the molecule is CCNC(c1cc(Cl)c(Br)cc1F)C1C2C3CCC(C3)C21. The lowest BCUT2D eigenvalue weighted by atomic mass is 9.92. The summed E-state index contributed by atoms with van der Waals surface area (Å²) < 4.78 is 15.1. The summed E-state index contributed by atoms with van der Waals surface area (Å²) in [5.41, 5.74) is 0.754. The standard InChI is InChI=1S/C17H20BrClFN/c1-2-21-17(10-6-12(19)11(18)7-13(10)20)16-14-8-3-4-9(5-8)15(14)16/h6-9,14-17,21H,2-5H2,1H3. The summed E-state index contributed by atoms with van der Waals surface area (Å²) >= 11 is 9.51. The molecule has 2 bridgehead atoms. The Labute approximate surface area is 138 Å². The number of fused-ring (bicyclic) bond motifs is 5. The quantitative estimate of drug-likeness (QED) is 0.718. The van der Waals surface area contributed by atoms with Gasteiger partial charge in [-0.25, -0.2) is 4.39 Å². The minimum Gasteiger partial charge on any atom is -0.310 e. The molecule has 1 aromatic rings. The Balaban J connectivity index is 1.66. The molecule has 3 saturated carbocycles. The first kappa shape index (κ1) is 14.5. The van der Waals surface area contributed by atoms with Crippen LogP contribution in [0.4, 0.5) is 4.39 Å². The summed E-state index contributed by atoms with van der Waals surface area (Å²) in [6, 6.07) is 3.44. The zero-order valence-corrected chi connectivity index (χ0v) is 14.4. The van der Waals surface area contributed by atoms with Crippen molar-refractivity contribution in [2.45, 2.75) is 32.2 Å². The van der Waals surface area contributed by atoms with Crippen LogP contribution < -0.4 is 5.32 Å². The average Bonchev–Trinajstić information content (AvgIpc) is 2.87. The minimum atomic E-state index is -0.144. The monoisotopic (exact) mass is 371 g/mol. The Bertz CT molecular complexity index is 562. The molecule has 1 aromatic carbocycles. The highest BCUT2D eigenvalue weighted by Crippen LogP contribution is 2.72. The van der Waals surface area contributed by atoms with Crippen molar-refractivity contribution in [3.8, 4) is 0 Å². The third kappa shape index (κ3) is 2.19. The van der Waals surface area contributed by atoms with Crippen LogP contribution in [0.5, 0.6) is 0 Å². The van der Waals surface area contributed by atoms with Crippen LogP contribution in [0.3, 0.4) is 0 Å². The van der Waals surface area contributed by atoms with Crippen molar-refractivity contribution in [1.82, 2.24) is 5.32 Å². The lowest BCUT2D eigenvalue weighted by Gasteiger charge is -2.23. The number of hydrogen-bond donors (Lipinski definition) is 1. The lowest BCUT2D eigenvalue weighted by Crippen LogP contribution is -2.26. The highest BCUT2D eigenvalue weighted by Gasteiger charge is 2.66. The Kier molecular flexibility index (Phi) is 3.59. The molecule has 5 atom stereocenters. The van der Waals surface area contributed by atoms with Gasteiger partial charge in [-0.15, -0.1) is 0 Å². The molecule has 114 valence electrons. The Morgan fingerprint density at radius 3 is 2.62 bits per heavy atom. The Hall–Kier alpha value is -0.120. The van der Waals surface area contributed by atoms with Gasteiger partial charge in [0.25, 0.3) is 0 Å². The van der Waals surface area contributed by atoms with E-state index in [4.69, 9.17) is 11.6 Å². The van der Waals surface area contributed by atoms with Gasteiger partial charge in [-0.3, -0.25) is 0 Å². The molecule has 1 nitrogen and oxygen atoms in total. The van der Waals surface area contributed by atoms with Gasteiger partial charge in [-0.2, -0.15) is 0 Å². The molecule has 21 heavy (non-hydrogen) atoms. The highest BCUT2D eigenvalue weighted by molar-refractivity contribution is 9.10. The maximum Gasteiger partial charge on any atom is 0.129 e. The van der Waals surface area contributed by atoms with Crippen LogP contribution in [0.1, 0.15) is 37.8 Å². The molecular weight excluding hydrogens is 353 g/mol. The van der Waals surface area contributed by atoms with Crippen LogP contribution in [-0.4, -0.2) is 6.54 Å². The third-order valence-corrected chi connectivity index (χ3v) is 7.18. The molecule has 0 radical (unpaired) electrons. The normalized spacial score (nSPS) is 37.6. The van der Waals surface area contributed by atoms with Crippen LogP contribution in [-0.2, 0) is 0 Å². The zero-order valence-electron chi connectivity index (χ0n) is 12.1. The maximum atomic E-state index is 14.4. The topological polar surface area (TPSA) is 12.0 Å². The molecule has 4 heteroatoms. The van der Waals surface area contributed by atoms with E-state index in [0.29, 0.717) is 15.4 Å². The van der Waals surface area contributed by atoms with Crippen LogP contribution in [0.25, 0.3) is 0 Å². The van der Waals surface area contributed by atoms with Crippen molar-refractivity contribution in [1.29, 1.82) is 0 Å². The van der Waals surface area contributed by atoms with E-state index in [-0.39, 0.29) is 11.9 Å². The summed E-state index contributed by atoms with van der Waals surface area (Å²) in [5, 5.41) is 4.13. The summed E-state index contributed by atoms with van der Waals surface area (Å²) in [6.45, 7) is 2.96. The Morgan fingerprint density at radius 1 is 1.33 bits per heavy atom. The molecule has 0 aliphatic heterocycles. The summed E-state index contributed by atoms with van der Waals surface area (Å²) in [7, 11) is 0. The summed E-state index contributed by atoms with van der Waals surface area (Å²) in [5.74, 6) is 3.93. The van der Waals surface area contributed by atoms with E-state index in [0.717, 1.165) is 35.8 Å². The lowest BCUT2D eigenvalue weighted by molar-refractivity contribution is 0.366. The molecule has 0 spiro atoms. The molecule has 5 unspecified atom stereocenters. The van der Waals surface area contributed by atoms with Gasteiger partial charge in [-0.05, 0) is 83.5 Å². The van der Waals surface area contributed by atoms with Crippen molar-refractivity contribution in [2.75, 3.05) is 6.54 Å². The third-order valence-electron chi connectivity index (χ3n) is 5.98. The smallest absolute Gasteiger partial charge is 0.129 e. The fourth-order valence-electron chi connectivity index (χ4n) is 5.29. The first-order valence-electron chi connectivity index (χ1n) is 7.99. The Morgan fingerprint density at radius 2 is 2.00 bits per heavy atom. The molecule has 1 N–H and O–H groups in total. The van der Waals surface area contributed by atoms with E-state index in [1.807, 2.05) is 6.07 Å². The van der Waals surface area contributed by atoms with Gasteiger partial charge >= 0.3 is 0 Å². The van der Waals surface area contributed by atoms with E-state index in [1.54, 1.807) is 0 Å². The zero-order chi connectivity index (χ0) is 14.7. The molecule has 0 amide bonds. The highest BCUT2D eigenvalue weighted by atomic mass is 79.9. The number of benzene rings is 1. The molecule has 0 heterocycles. The predicted molar refractivity (Wildman–Crippen MR) is 86.8 cm³/mol. The number of nitrogens with one attached hydrogen (secondary N) is 1. The van der Waals surface area contributed by atoms with E-state index in [1.165, 1.54) is 25.3 Å². The summed E-state index contributed by atoms with van der Waals surface area (Å²) in [4.78, 5) is 0. The number of hydrogen-bond acceptors (Lipinski definition) is 1. The second-order valence-corrected chi connectivity index (χ2v) is 8.15. The fraction of sp³-hybridized carbons (Fsp3) is 0.647. The second kappa shape index (κ2) is 5.21. The molecule has 3 aliphatic carbocycles. The maximum absolute atomic E-state index is 14.4. The van der Waals surface area contributed by atoms with Crippen molar-refractivity contribution in [3.63, 3.8) is 0 Å². The van der Waals surface area contributed by atoms with Gasteiger partial charge < -0.3 is 5.32 Å². The van der Waals surface area contributed by atoms with E-state index < -0.39 is 0 Å². The van der Waals surface area contributed by atoms with Gasteiger partial charge in [0.15, 0.2) is 0 Å². The van der Waals surface area contributed by atoms with Crippen LogP contribution >= 0.6 is 27.5 Å². The van der Waals surface area contributed by atoms with Gasteiger partial charge in [-0.1, -0.05) is 18.5 Å². The van der Waals surface area contributed by atoms with Crippen molar-refractivity contribution < 1.29 is 4.39 Å². The molecule has 0 aromatic heterocycles. The van der Waals surface area contributed by atoms with Crippen LogP contribution in [0, 0.1) is 35.4 Å². The number of rotatable bonds is 4. The molecule has 3 aliphatic rings. The van der Waals surface area contributed by atoms with Crippen LogP contribution in [0.15, 0.2) is 16.6 Å². The van der Waals surface area contributed by atoms with Gasteiger partial charge in [0.2, 0.25) is 0 Å².